The molecule has 8 heteroatoms. The molecule has 1 aromatic carbocycles. The molecule has 0 radical (unpaired) electrons. The number of thioether (sulfide) groups is 1. The largest absolute Gasteiger partial charge is 0.454 e. The van der Waals surface area contributed by atoms with E-state index in [0.717, 1.165) is 35.2 Å². The van der Waals surface area contributed by atoms with Crippen LogP contribution in [0.2, 0.25) is 0 Å². The van der Waals surface area contributed by atoms with Crippen LogP contribution in [-0.4, -0.2) is 33.1 Å². The van der Waals surface area contributed by atoms with Crippen LogP contribution in [0.5, 0.6) is 11.5 Å². The van der Waals surface area contributed by atoms with Gasteiger partial charge in [0, 0.05) is 13.0 Å². The summed E-state index contributed by atoms with van der Waals surface area (Å²) in [6.07, 6.45) is 7.52. The van der Waals surface area contributed by atoms with Gasteiger partial charge < -0.3 is 14.8 Å². The number of hydrogen-bond acceptors (Lipinski definition) is 6. The summed E-state index contributed by atoms with van der Waals surface area (Å²) < 4.78 is 10.7. The summed E-state index contributed by atoms with van der Waals surface area (Å²) in [7, 11) is 0. The van der Waals surface area contributed by atoms with Crippen molar-refractivity contribution in [2.75, 3.05) is 6.79 Å². The van der Waals surface area contributed by atoms with Crippen LogP contribution in [0.3, 0.4) is 0 Å². The Bertz CT molecular complexity index is 820. The van der Waals surface area contributed by atoms with E-state index >= 15 is 0 Å². The van der Waals surface area contributed by atoms with E-state index in [1.54, 1.807) is 0 Å². The molecule has 28 heavy (non-hydrogen) atoms. The lowest BCUT2D eigenvalue weighted by molar-refractivity contribution is -0.120. The van der Waals surface area contributed by atoms with E-state index in [4.69, 9.17) is 9.47 Å². The van der Waals surface area contributed by atoms with Crippen LogP contribution >= 0.6 is 11.8 Å². The van der Waals surface area contributed by atoms with E-state index in [9.17, 15) is 4.79 Å². The highest BCUT2D eigenvalue weighted by molar-refractivity contribution is 8.00. The molecular formula is C20H26N4O3S. The van der Waals surface area contributed by atoms with Crippen molar-refractivity contribution in [1.29, 1.82) is 0 Å². The molecule has 1 saturated carbocycles. The van der Waals surface area contributed by atoms with E-state index < -0.39 is 0 Å². The number of benzene rings is 1. The van der Waals surface area contributed by atoms with Crippen molar-refractivity contribution in [3.63, 3.8) is 0 Å². The minimum atomic E-state index is -0.271. The average Bonchev–Trinajstić information content (AvgIpc) is 3.45. The highest BCUT2D eigenvalue weighted by atomic mass is 32.2. The molecule has 0 saturated heterocycles. The van der Waals surface area contributed by atoms with Crippen molar-refractivity contribution in [1.82, 2.24) is 20.5 Å². The Balaban J connectivity index is 1.23. The van der Waals surface area contributed by atoms with Crippen molar-refractivity contribution < 1.29 is 14.3 Å². The normalized spacial score (nSPS) is 17.0. The first-order valence-corrected chi connectivity index (χ1v) is 10.8. The number of ether oxygens (including phenoxy) is 2. The number of rotatable bonds is 8. The molecule has 0 bridgehead atoms. The molecule has 0 unspecified atom stereocenters. The van der Waals surface area contributed by atoms with Crippen LogP contribution in [0, 0.1) is 5.92 Å². The third-order valence-corrected chi connectivity index (χ3v) is 6.29. The topological polar surface area (TPSA) is 89.1 Å². The van der Waals surface area contributed by atoms with Gasteiger partial charge in [0.1, 0.15) is 5.82 Å². The van der Waals surface area contributed by atoms with Crippen molar-refractivity contribution in [2.24, 2.45) is 5.92 Å². The number of nitrogens with zero attached hydrogens (tertiary/aromatic N) is 2. The van der Waals surface area contributed by atoms with E-state index in [-0.39, 0.29) is 18.0 Å². The molecule has 2 heterocycles. The SMILES string of the molecule is C[C@H](Sc1n[nH]c(CCC2CCCC2)n1)C(=O)NCc1ccc2c(c1)OCO2. The number of carbonyl (C=O) groups is 1. The zero-order valence-electron chi connectivity index (χ0n) is 16.1. The number of hydrogen-bond donors (Lipinski definition) is 2. The van der Waals surface area contributed by atoms with Crippen molar-refractivity contribution in [2.45, 2.75) is 62.4 Å². The lowest BCUT2D eigenvalue weighted by atomic mass is 10.0. The summed E-state index contributed by atoms with van der Waals surface area (Å²) in [6.45, 7) is 2.56. The molecule has 2 aliphatic rings. The highest BCUT2D eigenvalue weighted by Gasteiger charge is 2.19. The van der Waals surface area contributed by atoms with Crippen LogP contribution in [0.4, 0.5) is 0 Å². The zero-order valence-corrected chi connectivity index (χ0v) is 16.9. The molecule has 0 spiro atoms. The van der Waals surface area contributed by atoms with Crippen LogP contribution in [-0.2, 0) is 17.8 Å². The van der Waals surface area contributed by atoms with E-state index in [2.05, 4.69) is 20.5 Å². The third kappa shape index (κ3) is 4.79. The van der Waals surface area contributed by atoms with E-state index in [1.807, 2.05) is 25.1 Å². The summed E-state index contributed by atoms with van der Waals surface area (Å²) in [6, 6.07) is 5.69. The molecule has 1 aliphatic carbocycles. The Hall–Kier alpha value is -2.22. The fraction of sp³-hybridized carbons (Fsp3) is 0.550. The number of H-pyrrole nitrogens is 1. The van der Waals surface area contributed by atoms with Crippen LogP contribution in [0.1, 0.15) is 50.4 Å². The minimum Gasteiger partial charge on any atom is -0.454 e. The molecule has 1 aliphatic heterocycles. The molecular weight excluding hydrogens is 376 g/mol. The summed E-state index contributed by atoms with van der Waals surface area (Å²) >= 11 is 1.38. The Kier molecular flexibility index (Phi) is 6.04. The van der Waals surface area contributed by atoms with Gasteiger partial charge in [0.15, 0.2) is 11.5 Å². The molecule has 150 valence electrons. The Morgan fingerprint density at radius 3 is 3.00 bits per heavy atom. The maximum absolute atomic E-state index is 12.4. The second-order valence-electron chi connectivity index (χ2n) is 7.42. The first kappa shape index (κ1) is 19.1. The number of aromatic nitrogens is 3. The predicted molar refractivity (Wildman–Crippen MR) is 106 cm³/mol. The van der Waals surface area contributed by atoms with Gasteiger partial charge in [-0.05, 0) is 37.0 Å². The lowest BCUT2D eigenvalue weighted by Gasteiger charge is -2.10. The van der Waals surface area contributed by atoms with Gasteiger partial charge in [-0.2, -0.15) is 0 Å². The van der Waals surface area contributed by atoms with Gasteiger partial charge in [-0.25, -0.2) is 4.98 Å². The molecule has 2 aromatic rings. The van der Waals surface area contributed by atoms with Gasteiger partial charge in [0.25, 0.3) is 0 Å². The second-order valence-corrected chi connectivity index (χ2v) is 8.73. The standard InChI is InChI=1S/C20H26N4O3S/c1-13(19(25)21-11-15-6-8-16-17(10-15)27-12-26-16)28-20-22-18(23-24-20)9-7-14-4-2-3-5-14/h6,8,10,13-14H,2-5,7,9,11-12H2,1H3,(H,21,25)(H,22,23,24)/t13-/m0/s1. The number of aryl methyl sites for hydroxylation is 1. The quantitative estimate of drug-likeness (QED) is 0.658. The fourth-order valence-electron chi connectivity index (χ4n) is 3.68. The van der Waals surface area contributed by atoms with Gasteiger partial charge in [0.2, 0.25) is 17.9 Å². The van der Waals surface area contributed by atoms with Gasteiger partial charge in [0.05, 0.1) is 5.25 Å². The smallest absolute Gasteiger partial charge is 0.233 e. The molecule has 4 rings (SSSR count). The maximum Gasteiger partial charge on any atom is 0.233 e. The number of aromatic amines is 1. The summed E-state index contributed by atoms with van der Waals surface area (Å²) in [5.74, 6) is 3.18. The maximum atomic E-state index is 12.4. The molecule has 1 aromatic heterocycles. The van der Waals surface area contributed by atoms with E-state index in [0.29, 0.717) is 11.7 Å². The number of carbonyl (C=O) groups excluding carboxylic acids is 1. The molecule has 1 atom stereocenters. The number of amides is 1. The summed E-state index contributed by atoms with van der Waals surface area (Å²) in [5.41, 5.74) is 0.974. The van der Waals surface area contributed by atoms with Crippen molar-refractivity contribution in [3.05, 3.63) is 29.6 Å². The first-order chi connectivity index (χ1) is 13.7. The number of nitrogens with one attached hydrogen (secondary N) is 2. The Morgan fingerprint density at radius 2 is 2.14 bits per heavy atom. The first-order valence-electron chi connectivity index (χ1n) is 9.91. The van der Waals surface area contributed by atoms with Gasteiger partial charge in [-0.15, -0.1) is 5.10 Å². The zero-order chi connectivity index (χ0) is 19.3. The number of fused-ring (bicyclic) bond motifs is 1. The Morgan fingerprint density at radius 1 is 1.32 bits per heavy atom. The van der Waals surface area contributed by atoms with Crippen LogP contribution in [0.25, 0.3) is 0 Å². The van der Waals surface area contributed by atoms with Crippen LogP contribution in [0.15, 0.2) is 23.4 Å². The highest BCUT2D eigenvalue weighted by Crippen LogP contribution is 2.32. The molecule has 1 fully saturated rings. The Labute approximate surface area is 169 Å². The van der Waals surface area contributed by atoms with Gasteiger partial charge in [-0.1, -0.05) is 43.5 Å². The fourth-order valence-corrected chi connectivity index (χ4v) is 4.45. The van der Waals surface area contributed by atoms with E-state index in [1.165, 1.54) is 43.9 Å². The third-order valence-electron chi connectivity index (χ3n) is 5.33. The predicted octanol–water partition coefficient (Wildman–Crippen LogP) is 3.45. The van der Waals surface area contributed by atoms with Gasteiger partial charge >= 0.3 is 0 Å². The van der Waals surface area contributed by atoms with Crippen molar-refractivity contribution >= 4 is 17.7 Å². The minimum absolute atomic E-state index is 0.0417. The molecule has 7 nitrogen and oxygen atoms in total. The lowest BCUT2D eigenvalue weighted by Crippen LogP contribution is -2.30. The summed E-state index contributed by atoms with van der Waals surface area (Å²) in [5, 5.41) is 10.6. The van der Waals surface area contributed by atoms with Gasteiger partial charge in [-0.3, -0.25) is 9.89 Å². The summed E-state index contributed by atoms with van der Waals surface area (Å²) in [4.78, 5) is 16.9. The van der Waals surface area contributed by atoms with Crippen LogP contribution < -0.4 is 14.8 Å². The van der Waals surface area contributed by atoms with Crippen molar-refractivity contribution in [3.8, 4) is 11.5 Å². The second kappa shape index (κ2) is 8.86. The molecule has 2 N–H and O–H groups in total. The average molecular weight is 403 g/mol. The monoisotopic (exact) mass is 402 g/mol. The molecule has 1 amide bonds.